The molecule has 2 nitrogen and oxygen atoms in total. The minimum atomic E-state index is -4.15. The molecule has 2 atom stereocenters. The highest BCUT2D eigenvalue weighted by atomic mass is 19.4. The molecule has 0 heterocycles. The topological polar surface area (TPSA) is 15.3 Å². The van der Waals surface area contributed by atoms with Crippen LogP contribution < -0.4 is 5.32 Å². The summed E-state index contributed by atoms with van der Waals surface area (Å²) in [6, 6.07) is 7.65. The molecule has 0 spiro atoms. The summed E-state index contributed by atoms with van der Waals surface area (Å²) in [4.78, 5) is 1.39. The quantitative estimate of drug-likeness (QED) is 0.895. The molecule has 0 aliphatic heterocycles. The van der Waals surface area contributed by atoms with Gasteiger partial charge in [-0.15, -0.1) is 0 Å². The normalized spacial score (nSPS) is 23.4. The predicted molar refractivity (Wildman–Crippen MR) is 64.4 cm³/mol. The fourth-order valence-corrected chi connectivity index (χ4v) is 2.73. The van der Waals surface area contributed by atoms with Crippen molar-refractivity contribution in [1.29, 1.82) is 0 Å². The zero-order valence-corrected chi connectivity index (χ0v) is 10.5. The van der Waals surface area contributed by atoms with E-state index in [0.717, 1.165) is 11.1 Å². The monoisotopic (exact) mass is 258 g/mol. The Morgan fingerprint density at radius 3 is 2.61 bits per heavy atom. The molecule has 0 saturated heterocycles. The number of alkyl halides is 3. The average molecular weight is 258 g/mol. The molecule has 2 unspecified atom stereocenters. The van der Waals surface area contributed by atoms with Crippen molar-refractivity contribution < 1.29 is 13.2 Å². The fourth-order valence-electron chi connectivity index (χ4n) is 2.73. The molecule has 0 amide bonds. The van der Waals surface area contributed by atoms with Crippen molar-refractivity contribution in [2.75, 3.05) is 20.6 Å². The zero-order chi connectivity index (χ0) is 13.3. The highest BCUT2D eigenvalue weighted by molar-refractivity contribution is 5.37. The molecule has 0 saturated carbocycles. The second kappa shape index (κ2) is 4.90. The molecule has 0 aromatic heterocycles. The third kappa shape index (κ3) is 2.67. The van der Waals surface area contributed by atoms with Gasteiger partial charge in [0.05, 0.1) is 6.54 Å². The zero-order valence-electron chi connectivity index (χ0n) is 10.5. The Hall–Kier alpha value is -1.07. The largest absolute Gasteiger partial charge is 0.401 e. The average Bonchev–Trinajstić information content (AvgIpc) is 2.65. The van der Waals surface area contributed by atoms with Crippen LogP contribution in [0.3, 0.4) is 0 Å². The molecule has 0 radical (unpaired) electrons. The number of hydrogen-bond donors (Lipinski definition) is 1. The lowest BCUT2D eigenvalue weighted by molar-refractivity contribution is -0.148. The molecule has 0 fully saturated rings. The molecule has 100 valence electrons. The van der Waals surface area contributed by atoms with Gasteiger partial charge >= 0.3 is 6.18 Å². The number of likely N-dealkylation sites (N-methyl/N-ethyl adjacent to an activating group) is 2. The minimum absolute atomic E-state index is 0.0337. The SMILES string of the molecule is CNC1c2ccccc2CC1N(C)CC(F)(F)F. The van der Waals surface area contributed by atoms with E-state index in [1.165, 1.54) is 11.9 Å². The molecule has 0 bridgehead atoms. The summed E-state index contributed by atoms with van der Waals surface area (Å²) >= 11 is 0. The minimum Gasteiger partial charge on any atom is -0.312 e. The van der Waals surface area contributed by atoms with Crippen molar-refractivity contribution in [2.24, 2.45) is 0 Å². The number of nitrogens with one attached hydrogen (secondary N) is 1. The van der Waals surface area contributed by atoms with Crippen LogP contribution in [0.4, 0.5) is 13.2 Å². The summed E-state index contributed by atoms with van der Waals surface area (Å²) in [5.41, 5.74) is 2.25. The van der Waals surface area contributed by atoms with E-state index < -0.39 is 12.7 Å². The van der Waals surface area contributed by atoms with Gasteiger partial charge in [-0.05, 0) is 31.6 Å². The molecule has 1 aliphatic carbocycles. The van der Waals surface area contributed by atoms with Crippen LogP contribution in [0, 0.1) is 0 Å². The van der Waals surface area contributed by atoms with Crippen molar-refractivity contribution in [3.8, 4) is 0 Å². The number of benzene rings is 1. The van der Waals surface area contributed by atoms with Gasteiger partial charge in [0, 0.05) is 12.1 Å². The second-order valence-corrected chi connectivity index (χ2v) is 4.77. The smallest absolute Gasteiger partial charge is 0.312 e. The van der Waals surface area contributed by atoms with Crippen LogP contribution in [0.5, 0.6) is 0 Å². The molecular weight excluding hydrogens is 241 g/mol. The van der Waals surface area contributed by atoms with Crippen LogP contribution in [0.25, 0.3) is 0 Å². The number of rotatable bonds is 3. The highest BCUT2D eigenvalue weighted by Crippen LogP contribution is 2.34. The van der Waals surface area contributed by atoms with Crippen LogP contribution in [-0.2, 0) is 6.42 Å². The van der Waals surface area contributed by atoms with Crippen LogP contribution in [0.1, 0.15) is 17.2 Å². The Morgan fingerprint density at radius 1 is 1.33 bits per heavy atom. The molecule has 5 heteroatoms. The summed E-state index contributed by atoms with van der Waals surface area (Å²) in [5.74, 6) is 0. The maximum Gasteiger partial charge on any atom is 0.401 e. The predicted octanol–water partition coefficient (Wildman–Crippen LogP) is 2.37. The van der Waals surface area contributed by atoms with Crippen molar-refractivity contribution >= 4 is 0 Å². The Bertz CT molecular complexity index is 417. The van der Waals surface area contributed by atoms with Crippen molar-refractivity contribution in [3.05, 3.63) is 35.4 Å². The van der Waals surface area contributed by atoms with Crippen LogP contribution in [-0.4, -0.2) is 37.8 Å². The van der Waals surface area contributed by atoms with E-state index >= 15 is 0 Å². The first-order chi connectivity index (χ1) is 8.42. The standard InChI is InChI=1S/C13H17F3N2/c1-17-12-10-6-4-3-5-9(10)7-11(12)18(2)8-13(14,15)16/h3-6,11-12,17H,7-8H2,1-2H3. The first-order valence-electron chi connectivity index (χ1n) is 5.94. The lowest BCUT2D eigenvalue weighted by Crippen LogP contribution is -2.44. The number of nitrogens with zero attached hydrogens (tertiary/aromatic N) is 1. The summed E-state index contributed by atoms with van der Waals surface area (Å²) < 4.78 is 37.4. The van der Waals surface area contributed by atoms with Crippen LogP contribution in [0.2, 0.25) is 0 Å². The number of fused-ring (bicyclic) bond motifs is 1. The van der Waals surface area contributed by atoms with Gasteiger partial charge in [0.15, 0.2) is 0 Å². The molecule has 1 aromatic rings. The number of hydrogen-bond acceptors (Lipinski definition) is 2. The van der Waals surface area contributed by atoms with Gasteiger partial charge in [-0.2, -0.15) is 13.2 Å². The summed E-state index contributed by atoms with van der Waals surface area (Å²) in [6.45, 7) is -0.871. The Balaban J connectivity index is 2.17. The van der Waals surface area contributed by atoms with E-state index in [-0.39, 0.29) is 12.1 Å². The van der Waals surface area contributed by atoms with Gasteiger partial charge in [0.25, 0.3) is 0 Å². The molecule has 1 aromatic carbocycles. The van der Waals surface area contributed by atoms with Gasteiger partial charge in [0.1, 0.15) is 0 Å². The number of halogens is 3. The lowest BCUT2D eigenvalue weighted by atomic mass is 10.1. The fraction of sp³-hybridized carbons (Fsp3) is 0.538. The van der Waals surface area contributed by atoms with Gasteiger partial charge in [0.2, 0.25) is 0 Å². The van der Waals surface area contributed by atoms with Gasteiger partial charge < -0.3 is 5.32 Å². The third-order valence-corrected chi connectivity index (χ3v) is 3.51. The van der Waals surface area contributed by atoms with E-state index in [4.69, 9.17) is 0 Å². The molecule has 2 rings (SSSR count). The maximum atomic E-state index is 12.5. The molecule has 1 aliphatic rings. The second-order valence-electron chi connectivity index (χ2n) is 4.77. The maximum absolute atomic E-state index is 12.5. The first-order valence-corrected chi connectivity index (χ1v) is 5.94. The van der Waals surface area contributed by atoms with Crippen LogP contribution >= 0.6 is 0 Å². The van der Waals surface area contributed by atoms with Crippen molar-refractivity contribution in [1.82, 2.24) is 10.2 Å². The van der Waals surface area contributed by atoms with Gasteiger partial charge in [-0.25, -0.2) is 0 Å². The van der Waals surface area contributed by atoms with E-state index in [1.807, 2.05) is 24.3 Å². The van der Waals surface area contributed by atoms with Gasteiger partial charge in [-0.3, -0.25) is 4.90 Å². The van der Waals surface area contributed by atoms with E-state index in [2.05, 4.69) is 5.32 Å². The van der Waals surface area contributed by atoms with E-state index in [1.54, 1.807) is 7.05 Å². The molecule has 1 N–H and O–H groups in total. The molecule has 18 heavy (non-hydrogen) atoms. The highest BCUT2D eigenvalue weighted by Gasteiger charge is 2.38. The Kier molecular flexibility index (Phi) is 3.64. The van der Waals surface area contributed by atoms with Crippen molar-refractivity contribution in [3.63, 3.8) is 0 Å². The first kappa shape index (κ1) is 13.4. The van der Waals surface area contributed by atoms with E-state index in [9.17, 15) is 13.2 Å². The lowest BCUT2D eigenvalue weighted by Gasteiger charge is -2.30. The Labute approximate surface area is 105 Å². The van der Waals surface area contributed by atoms with Crippen molar-refractivity contribution in [2.45, 2.75) is 24.7 Å². The van der Waals surface area contributed by atoms with Crippen LogP contribution in [0.15, 0.2) is 24.3 Å². The third-order valence-electron chi connectivity index (χ3n) is 3.51. The van der Waals surface area contributed by atoms with Gasteiger partial charge in [-0.1, -0.05) is 24.3 Å². The Morgan fingerprint density at radius 2 is 2.00 bits per heavy atom. The summed E-state index contributed by atoms with van der Waals surface area (Å²) in [7, 11) is 3.33. The molecular formula is C13H17F3N2. The van der Waals surface area contributed by atoms with E-state index in [0.29, 0.717) is 6.42 Å². The summed E-state index contributed by atoms with van der Waals surface area (Å²) in [5, 5.41) is 3.13. The summed E-state index contributed by atoms with van der Waals surface area (Å²) in [6.07, 6.45) is -3.49.